The molecule has 0 amide bonds. The van der Waals surface area contributed by atoms with Gasteiger partial charge in [-0.25, -0.2) is 0 Å². The van der Waals surface area contributed by atoms with Gasteiger partial charge >= 0.3 is 0 Å². The molecule has 5 rings (SSSR count). The quantitative estimate of drug-likeness (QED) is 0.538. The average Bonchev–Trinajstić information content (AvgIpc) is 3.15. The summed E-state index contributed by atoms with van der Waals surface area (Å²) in [6.45, 7) is 0. The van der Waals surface area contributed by atoms with Crippen molar-refractivity contribution >= 4 is 29.1 Å². The molecule has 154 valence electrons. The number of halogens is 1. The van der Waals surface area contributed by atoms with E-state index in [1.165, 1.54) is 0 Å². The molecule has 1 fully saturated rings. The highest BCUT2D eigenvalue weighted by Crippen LogP contribution is 2.55. The van der Waals surface area contributed by atoms with Gasteiger partial charge in [-0.2, -0.15) is 10.5 Å². The Hall–Kier alpha value is -3.93. The molecule has 3 unspecified atom stereocenters. The minimum absolute atomic E-state index is 0.229. The van der Waals surface area contributed by atoms with Crippen molar-refractivity contribution in [1.29, 1.82) is 10.5 Å². The summed E-state index contributed by atoms with van der Waals surface area (Å²) in [6.07, 6.45) is 5.36. The standard InChI is InChI=1S/C26H17ClN4O/c27-19-11-8-18(9-12-19)23-24(25(32)20-6-3-4-14-30-20)31-21-7-2-1-5-17(21)10-13-22(31)26(23,15-28)16-29/h1-14,22-24H. The van der Waals surface area contributed by atoms with Crippen molar-refractivity contribution in [2.75, 3.05) is 4.90 Å². The molecule has 3 atom stereocenters. The van der Waals surface area contributed by atoms with E-state index in [9.17, 15) is 15.3 Å². The van der Waals surface area contributed by atoms with Gasteiger partial charge in [-0.3, -0.25) is 9.78 Å². The lowest BCUT2D eigenvalue weighted by Crippen LogP contribution is -2.44. The predicted molar refractivity (Wildman–Crippen MR) is 122 cm³/mol. The number of benzene rings is 2. The Labute approximate surface area is 190 Å². The molecular weight excluding hydrogens is 420 g/mol. The third-order valence-corrected chi connectivity index (χ3v) is 6.58. The summed E-state index contributed by atoms with van der Waals surface area (Å²) in [4.78, 5) is 20.1. The minimum Gasteiger partial charge on any atom is -0.351 e. The number of nitrogens with zero attached hydrogens (tertiary/aromatic N) is 4. The van der Waals surface area contributed by atoms with Crippen molar-refractivity contribution in [1.82, 2.24) is 4.98 Å². The van der Waals surface area contributed by atoms with Crippen molar-refractivity contribution < 1.29 is 4.79 Å². The molecule has 0 spiro atoms. The molecule has 0 N–H and O–H groups in total. The van der Waals surface area contributed by atoms with Gasteiger partial charge in [-0.1, -0.05) is 60.2 Å². The molecule has 0 radical (unpaired) electrons. The Bertz CT molecular complexity index is 1290. The van der Waals surface area contributed by atoms with Crippen LogP contribution in [0.2, 0.25) is 5.02 Å². The van der Waals surface area contributed by atoms with Crippen molar-refractivity contribution in [3.63, 3.8) is 0 Å². The van der Waals surface area contributed by atoms with Crippen molar-refractivity contribution in [2.24, 2.45) is 5.41 Å². The number of ketones is 1. The Morgan fingerprint density at radius 1 is 1.00 bits per heavy atom. The number of aromatic nitrogens is 1. The number of pyridine rings is 1. The largest absolute Gasteiger partial charge is 0.351 e. The summed E-state index contributed by atoms with van der Waals surface area (Å²) < 4.78 is 0. The minimum atomic E-state index is -1.48. The fraction of sp³-hybridized carbons (Fsp3) is 0.154. The third-order valence-electron chi connectivity index (χ3n) is 6.33. The fourth-order valence-corrected chi connectivity index (χ4v) is 5.06. The predicted octanol–water partition coefficient (Wildman–Crippen LogP) is 5.02. The van der Waals surface area contributed by atoms with Crippen LogP contribution in [0.25, 0.3) is 6.08 Å². The first kappa shape index (κ1) is 20.0. The second-order valence-electron chi connectivity index (χ2n) is 7.92. The van der Waals surface area contributed by atoms with Crippen molar-refractivity contribution in [3.05, 3.63) is 101 Å². The number of carbonyl (C=O) groups excluding carboxylic acids is 1. The van der Waals surface area contributed by atoms with E-state index in [-0.39, 0.29) is 5.78 Å². The summed E-state index contributed by atoms with van der Waals surface area (Å²) >= 11 is 6.11. The van der Waals surface area contributed by atoms with Crippen LogP contribution in [0, 0.1) is 28.1 Å². The van der Waals surface area contributed by atoms with Crippen molar-refractivity contribution in [2.45, 2.75) is 18.0 Å². The topological polar surface area (TPSA) is 80.8 Å². The highest BCUT2D eigenvalue weighted by molar-refractivity contribution is 6.30. The molecule has 2 aliphatic heterocycles. The lowest BCUT2D eigenvalue weighted by molar-refractivity contribution is 0.0946. The van der Waals surface area contributed by atoms with Crippen LogP contribution in [0.15, 0.2) is 79.0 Å². The van der Waals surface area contributed by atoms with E-state index in [2.05, 4.69) is 17.1 Å². The van der Waals surface area contributed by atoms with Crippen LogP contribution in [0.4, 0.5) is 5.69 Å². The first-order chi connectivity index (χ1) is 15.6. The normalized spacial score (nSPS) is 22.3. The van der Waals surface area contributed by atoms with Gasteiger partial charge in [-0.05, 0) is 41.5 Å². The van der Waals surface area contributed by atoms with Gasteiger partial charge < -0.3 is 4.90 Å². The van der Waals surface area contributed by atoms with E-state index in [1.807, 2.05) is 41.3 Å². The number of rotatable bonds is 3. The van der Waals surface area contributed by atoms with Gasteiger partial charge in [0.25, 0.3) is 0 Å². The first-order valence-electron chi connectivity index (χ1n) is 10.2. The number of Topliss-reactive ketones (excluding diaryl/α,β-unsaturated/α-hetero) is 1. The van der Waals surface area contributed by atoms with E-state index in [4.69, 9.17) is 11.6 Å². The van der Waals surface area contributed by atoms with Crippen LogP contribution in [0.3, 0.4) is 0 Å². The molecule has 0 saturated carbocycles. The molecule has 3 heterocycles. The van der Waals surface area contributed by atoms with E-state index >= 15 is 0 Å². The van der Waals surface area contributed by atoms with Crippen LogP contribution in [-0.2, 0) is 0 Å². The Kier molecular flexibility index (Phi) is 4.78. The van der Waals surface area contributed by atoms with Gasteiger partial charge in [0, 0.05) is 22.8 Å². The van der Waals surface area contributed by atoms with E-state index in [0.717, 1.165) is 11.3 Å². The Morgan fingerprint density at radius 3 is 2.41 bits per heavy atom. The van der Waals surface area contributed by atoms with Gasteiger partial charge in [0.2, 0.25) is 5.78 Å². The Balaban J connectivity index is 1.79. The van der Waals surface area contributed by atoms with Crippen LogP contribution >= 0.6 is 11.6 Å². The van der Waals surface area contributed by atoms with Crippen LogP contribution in [0.5, 0.6) is 0 Å². The van der Waals surface area contributed by atoms with Gasteiger partial charge in [0.1, 0.15) is 11.7 Å². The highest BCUT2D eigenvalue weighted by Gasteiger charge is 2.63. The monoisotopic (exact) mass is 436 g/mol. The number of nitriles is 2. The maximum Gasteiger partial charge on any atom is 0.204 e. The summed E-state index contributed by atoms with van der Waals surface area (Å²) in [5.41, 5.74) is 1.29. The second kappa shape index (κ2) is 7.64. The van der Waals surface area contributed by atoms with Crippen molar-refractivity contribution in [3.8, 4) is 12.1 Å². The zero-order valence-electron chi connectivity index (χ0n) is 16.9. The zero-order valence-corrected chi connectivity index (χ0v) is 17.6. The molecule has 32 heavy (non-hydrogen) atoms. The average molecular weight is 437 g/mol. The number of fused-ring (bicyclic) bond motifs is 3. The number of carbonyl (C=O) groups is 1. The summed E-state index contributed by atoms with van der Waals surface area (Å²) in [5, 5.41) is 21.3. The lowest BCUT2D eigenvalue weighted by atomic mass is 9.69. The van der Waals surface area contributed by atoms with Gasteiger partial charge in [-0.15, -0.1) is 0 Å². The van der Waals surface area contributed by atoms with E-state index in [0.29, 0.717) is 16.3 Å². The van der Waals surface area contributed by atoms with E-state index < -0.39 is 23.4 Å². The molecule has 1 aromatic heterocycles. The number of anilines is 1. The van der Waals surface area contributed by atoms with Crippen LogP contribution < -0.4 is 4.90 Å². The summed E-state index contributed by atoms with van der Waals surface area (Å²) in [6, 6.07) is 23.1. The molecule has 6 heteroatoms. The maximum atomic E-state index is 13.9. The maximum absolute atomic E-state index is 13.9. The Morgan fingerprint density at radius 2 is 1.72 bits per heavy atom. The summed E-state index contributed by atoms with van der Waals surface area (Å²) in [5.74, 6) is -0.932. The molecule has 2 aromatic carbocycles. The van der Waals surface area contributed by atoms with Gasteiger partial charge in [0.05, 0.1) is 18.2 Å². The molecule has 3 aromatic rings. The summed E-state index contributed by atoms with van der Waals surface area (Å²) in [7, 11) is 0. The highest BCUT2D eigenvalue weighted by atomic mass is 35.5. The molecule has 0 aliphatic carbocycles. The lowest BCUT2D eigenvalue weighted by Gasteiger charge is -2.35. The molecule has 0 bridgehead atoms. The van der Waals surface area contributed by atoms with Crippen LogP contribution in [0.1, 0.15) is 27.5 Å². The first-order valence-corrected chi connectivity index (χ1v) is 10.6. The van der Waals surface area contributed by atoms with Crippen LogP contribution in [-0.4, -0.2) is 22.9 Å². The molecule has 5 nitrogen and oxygen atoms in total. The number of para-hydroxylation sites is 1. The number of hydrogen-bond acceptors (Lipinski definition) is 5. The molecule has 1 saturated heterocycles. The number of hydrogen-bond donors (Lipinski definition) is 0. The zero-order chi connectivity index (χ0) is 22.3. The fourth-order valence-electron chi connectivity index (χ4n) is 4.94. The smallest absolute Gasteiger partial charge is 0.204 e. The third kappa shape index (κ3) is 2.83. The van der Waals surface area contributed by atoms with E-state index in [1.54, 1.807) is 48.7 Å². The van der Waals surface area contributed by atoms with Gasteiger partial charge in [0.15, 0.2) is 5.41 Å². The second-order valence-corrected chi connectivity index (χ2v) is 8.35. The SMILES string of the molecule is N#CC1(C#N)C(c2ccc(Cl)cc2)C(C(=O)c2ccccn2)N2c3ccccc3C=CC21. The molecular formula is C26H17ClN4O. The molecule has 2 aliphatic rings.